The van der Waals surface area contributed by atoms with Gasteiger partial charge in [0.05, 0.1) is 40.0 Å². The molecular formula is C52H86F2IN7O13. The Labute approximate surface area is 454 Å². The van der Waals surface area contributed by atoms with Crippen LogP contribution >= 0.6 is 22.6 Å². The van der Waals surface area contributed by atoms with Crippen LogP contribution in [0.2, 0.25) is 0 Å². The molecule has 428 valence electrons. The minimum absolute atomic E-state index is 0.0207. The van der Waals surface area contributed by atoms with E-state index in [1.165, 1.54) is 39.3 Å². The zero-order valence-corrected chi connectivity index (χ0v) is 47.8. The molecule has 3 aliphatic rings. The van der Waals surface area contributed by atoms with Gasteiger partial charge >= 0.3 is 5.97 Å². The number of likely N-dealkylation sites (N-methyl/N-ethyl adjacent to an activating group) is 2. The van der Waals surface area contributed by atoms with Gasteiger partial charge in [0.25, 0.3) is 0 Å². The number of carbonyl (C=O) groups excluding carboxylic acids is 1. The van der Waals surface area contributed by atoms with Gasteiger partial charge in [-0.25, -0.2) is 14.6 Å². The number of carbonyl (C=O) groups is 1. The third kappa shape index (κ3) is 15.1. The number of cyclic esters (lactones) is 1. The number of hydrogen-bond donors (Lipinski definition) is 8. The zero-order chi connectivity index (χ0) is 55.9. The number of aliphatic hydroxyl groups is 5. The van der Waals surface area contributed by atoms with E-state index in [9.17, 15) is 34.7 Å². The fourth-order valence-corrected chi connectivity index (χ4v) is 12.2. The average Bonchev–Trinajstić information content (AvgIpc) is 3.91. The number of H-pyrrole nitrogens is 1. The molecule has 23 heteroatoms. The van der Waals surface area contributed by atoms with E-state index in [0.29, 0.717) is 17.7 Å². The predicted octanol–water partition coefficient (Wildman–Crippen LogP) is 3.83. The molecule has 5 rings (SSSR count). The number of methoxy groups -OCH3 is 2. The Morgan fingerprint density at radius 1 is 1.05 bits per heavy atom. The van der Waals surface area contributed by atoms with E-state index in [-0.39, 0.29) is 32.4 Å². The summed E-state index contributed by atoms with van der Waals surface area (Å²) in [6.45, 7) is 12.7. The molecule has 0 aliphatic carbocycles. The van der Waals surface area contributed by atoms with Crippen LogP contribution in [0.3, 0.4) is 0 Å². The lowest BCUT2D eigenvalue weighted by Gasteiger charge is -2.47. The van der Waals surface area contributed by atoms with Gasteiger partial charge in [0.15, 0.2) is 12.6 Å². The number of nitrogens with zero attached hydrogens (tertiary/aromatic N) is 4. The lowest BCUT2D eigenvalue weighted by molar-refractivity contribution is -0.318. The van der Waals surface area contributed by atoms with Crippen molar-refractivity contribution in [2.75, 3.05) is 48.1 Å². The van der Waals surface area contributed by atoms with Crippen molar-refractivity contribution in [3.8, 4) is 11.1 Å². The Morgan fingerprint density at radius 2 is 1.72 bits per heavy atom. The Hall–Kier alpha value is -2.73. The molecule has 75 heavy (non-hydrogen) atoms. The summed E-state index contributed by atoms with van der Waals surface area (Å²) >= 11 is 1.88. The Kier molecular flexibility index (Phi) is 22.7. The van der Waals surface area contributed by atoms with E-state index >= 15 is 4.39 Å². The summed E-state index contributed by atoms with van der Waals surface area (Å²) in [5, 5.41) is 66.8. The van der Waals surface area contributed by atoms with Crippen LogP contribution in [0.4, 0.5) is 8.78 Å². The predicted molar refractivity (Wildman–Crippen MR) is 284 cm³/mol. The molecule has 0 amide bonds. The van der Waals surface area contributed by atoms with Gasteiger partial charge in [-0.15, -0.1) is 0 Å². The van der Waals surface area contributed by atoms with E-state index in [4.69, 9.17) is 44.7 Å². The number of ether oxygens (including phenoxy) is 7. The molecule has 3 saturated heterocycles. The summed E-state index contributed by atoms with van der Waals surface area (Å²) in [6.07, 6.45) is -8.08. The number of halogens is 3. The highest BCUT2D eigenvalue weighted by atomic mass is 127. The van der Waals surface area contributed by atoms with Gasteiger partial charge in [-0.2, -0.15) is 5.10 Å². The first-order chi connectivity index (χ1) is 35.1. The van der Waals surface area contributed by atoms with Crippen LogP contribution in [0.15, 0.2) is 48.6 Å². The van der Waals surface area contributed by atoms with Crippen LogP contribution < -0.4 is 11.6 Å². The number of aliphatic hydroxyl groups excluding tert-OH is 3. The highest BCUT2D eigenvalue weighted by molar-refractivity contribution is 14.1. The number of aromatic nitrogens is 2. The molecule has 0 spiro atoms. The first-order valence-electron chi connectivity index (χ1n) is 25.9. The largest absolute Gasteiger partial charge is 0.459 e. The second-order valence-corrected chi connectivity index (χ2v) is 23.1. The van der Waals surface area contributed by atoms with Gasteiger partial charge in [0.2, 0.25) is 5.85 Å². The SMILES string of the molecule is CC[C@H]1OC(=O)[C@H](C)[C@@H](O[C@H]2C[C@@](C)(OC)[C@@H](O)[C@H](C)O2)[C@H](I)[C@@H](O[C@@H]2O[C@H](C)C[C@H](N(C)CC/C(N)=C/N(N)[C@H](CF)[C@H](OC)c3ccc(-c4cn[nH]c4)cc3)[C@H]2O)[C@@](O)(F)C[C@@H](C)CN(C)[C@H](C)[C@@H](O)[C@]1(C)O. The van der Waals surface area contributed by atoms with Gasteiger partial charge < -0.3 is 79.2 Å². The molecule has 0 radical (unpaired) electrons. The first kappa shape index (κ1) is 63.1. The number of hydrazine groups is 1. The number of hydrogen-bond acceptors (Lipinski definition) is 19. The lowest BCUT2D eigenvalue weighted by atomic mass is 9.86. The van der Waals surface area contributed by atoms with Crippen LogP contribution in [-0.2, 0) is 38.0 Å². The third-order valence-electron chi connectivity index (χ3n) is 15.7. The van der Waals surface area contributed by atoms with Crippen LogP contribution in [0.1, 0.15) is 99.2 Å². The highest BCUT2D eigenvalue weighted by Crippen LogP contribution is 2.41. The standard InChI is InChI=1S/C52H86F2IN7O13/c1-13-39-51(8,67)45(64)31(5)61(10)26-28(2)21-52(54,68)47(41(55)43(30(4)48(66)73-39)74-40-22-50(7,70-12)46(65)32(6)72-40)75-49-42(63)37(20-29(3)71-49)60(9)19-18-36(56)27-62(57)38(23-53)44(69-11)34-16-14-33(15-17-34)35-24-58-59-25-35/h14-17,24-25,27-32,37-47,49,63-65,67-68H,13,18-23,26,56-57H2,1-12H3,(H,58,59)/b36-27-/t28-,29-,30-,31-,32+,37+,38-,39-,40+,41+,42-,43-,44-,45-,46+,47-,49+,50-,51-,52-/m1/s1. The summed E-state index contributed by atoms with van der Waals surface area (Å²) in [6, 6.07) is 5.14. The quantitative estimate of drug-likeness (QED) is 0.0368. The summed E-state index contributed by atoms with van der Waals surface area (Å²) in [4.78, 5) is 18.0. The lowest BCUT2D eigenvalue weighted by Crippen LogP contribution is -2.61. The Morgan fingerprint density at radius 3 is 2.31 bits per heavy atom. The van der Waals surface area contributed by atoms with Crippen molar-refractivity contribution < 1.29 is 72.3 Å². The fourth-order valence-electron chi connectivity index (χ4n) is 10.7. The number of aromatic amines is 1. The molecule has 1 aromatic carbocycles. The number of benzene rings is 1. The normalized spacial score (nSPS) is 39.1. The van der Waals surface area contributed by atoms with Crippen molar-refractivity contribution in [1.82, 2.24) is 25.0 Å². The molecule has 20 nitrogen and oxygen atoms in total. The average molecular weight is 1180 g/mol. The van der Waals surface area contributed by atoms with E-state index in [0.717, 1.165) is 11.1 Å². The fraction of sp³-hybridized carbons (Fsp3) is 0.769. The third-order valence-corrected chi connectivity index (χ3v) is 17.1. The van der Waals surface area contributed by atoms with Crippen molar-refractivity contribution in [1.29, 1.82) is 0 Å². The van der Waals surface area contributed by atoms with Gasteiger partial charge in [0.1, 0.15) is 54.9 Å². The highest BCUT2D eigenvalue weighted by Gasteiger charge is 2.55. The van der Waals surface area contributed by atoms with Crippen LogP contribution in [0.5, 0.6) is 0 Å². The maximum atomic E-state index is 17.8. The molecule has 2 aromatic rings. The number of nitrogens with two attached hydrogens (primary N) is 2. The van der Waals surface area contributed by atoms with Crippen molar-refractivity contribution in [2.45, 2.75) is 194 Å². The molecule has 0 unspecified atom stereocenters. The molecular weight excluding hydrogens is 1100 g/mol. The second-order valence-electron chi connectivity index (χ2n) is 21.6. The van der Waals surface area contributed by atoms with Crippen molar-refractivity contribution in [2.24, 2.45) is 23.4 Å². The minimum Gasteiger partial charge on any atom is -0.459 e. The Balaban J connectivity index is 1.42. The summed E-state index contributed by atoms with van der Waals surface area (Å²) in [7, 11) is 6.39. The summed E-state index contributed by atoms with van der Waals surface area (Å²) < 4.78 is 74.3. The summed E-state index contributed by atoms with van der Waals surface area (Å²) in [5.74, 6) is 0.519. The number of nitrogens with one attached hydrogen (secondary N) is 1. The van der Waals surface area contributed by atoms with Gasteiger partial charge in [0, 0.05) is 82.3 Å². The van der Waals surface area contributed by atoms with Crippen molar-refractivity contribution >= 4 is 28.6 Å². The summed E-state index contributed by atoms with van der Waals surface area (Å²) in [5.41, 5.74) is 6.24. The molecule has 0 saturated carbocycles. The van der Waals surface area contributed by atoms with Gasteiger partial charge in [-0.05, 0) is 85.5 Å². The van der Waals surface area contributed by atoms with Crippen molar-refractivity contribution in [3.63, 3.8) is 0 Å². The van der Waals surface area contributed by atoms with E-state index in [2.05, 4.69) is 10.2 Å². The number of rotatable bonds is 17. The minimum atomic E-state index is -3.18. The topological polar surface area (TPSA) is 273 Å². The van der Waals surface area contributed by atoms with Gasteiger partial charge in [-0.1, -0.05) is 60.7 Å². The number of alkyl halides is 3. The maximum absolute atomic E-state index is 17.8. The van der Waals surface area contributed by atoms with Crippen LogP contribution in [-0.4, -0.2) is 205 Å². The monoisotopic (exact) mass is 1180 g/mol. The molecule has 10 N–H and O–H groups in total. The second kappa shape index (κ2) is 27.0. The molecule has 1 aromatic heterocycles. The smallest absolute Gasteiger partial charge is 0.311 e. The van der Waals surface area contributed by atoms with Gasteiger partial charge in [-0.3, -0.25) is 9.89 Å². The van der Waals surface area contributed by atoms with E-state index < -0.39 is 138 Å². The van der Waals surface area contributed by atoms with Crippen LogP contribution in [0, 0.1) is 11.8 Å². The van der Waals surface area contributed by atoms with Crippen LogP contribution in [0.25, 0.3) is 11.1 Å². The molecule has 0 bridgehead atoms. The maximum Gasteiger partial charge on any atom is 0.311 e. The number of esters is 1. The molecule has 4 heterocycles. The molecule has 20 atom stereocenters. The van der Waals surface area contributed by atoms with E-state index in [1.807, 2.05) is 51.8 Å². The van der Waals surface area contributed by atoms with Crippen molar-refractivity contribution in [3.05, 3.63) is 54.1 Å². The zero-order valence-electron chi connectivity index (χ0n) is 45.6. The molecule has 3 fully saturated rings. The Bertz CT molecular complexity index is 2100. The molecule has 3 aliphatic heterocycles. The first-order valence-corrected chi connectivity index (χ1v) is 27.2. The van der Waals surface area contributed by atoms with E-state index in [1.54, 1.807) is 72.9 Å².